The summed E-state index contributed by atoms with van der Waals surface area (Å²) >= 11 is 1.85. The van der Waals surface area contributed by atoms with Gasteiger partial charge in [0, 0.05) is 6.54 Å². The molecule has 1 aromatic heterocycles. The average molecular weight is 331 g/mol. The molecular weight excluding hydrogens is 326 g/mol. The van der Waals surface area contributed by atoms with Crippen molar-refractivity contribution in [1.82, 2.24) is 9.78 Å². The van der Waals surface area contributed by atoms with E-state index in [9.17, 15) is 18.0 Å². The molecule has 2 heterocycles. The Labute approximate surface area is 96.2 Å². The topological polar surface area (TPSA) is 38.1 Å². The van der Waals surface area contributed by atoms with Gasteiger partial charge in [0.05, 0.1) is 16.3 Å². The first-order chi connectivity index (χ1) is 6.91. The van der Waals surface area contributed by atoms with Crippen LogP contribution in [-0.4, -0.2) is 28.4 Å². The zero-order valence-electron chi connectivity index (χ0n) is 7.25. The Kier molecular flexibility index (Phi) is 2.40. The second kappa shape index (κ2) is 3.35. The maximum atomic E-state index is 12.2. The molecule has 0 aromatic carbocycles. The van der Waals surface area contributed by atoms with Crippen LogP contribution in [0.3, 0.4) is 0 Å². The van der Waals surface area contributed by atoms with E-state index in [1.165, 1.54) is 10.9 Å². The molecule has 15 heavy (non-hydrogen) atoms. The monoisotopic (exact) mass is 331 g/mol. The Hall–Kier alpha value is -0.800. The number of aromatic nitrogens is 2. The third kappa shape index (κ3) is 1.70. The van der Waals surface area contributed by atoms with E-state index in [1.54, 1.807) is 0 Å². The molecule has 2 rings (SSSR count). The highest BCUT2D eigenvalue weighted by Crippen LogP contribution is 2.30. The van der Waals surface area contributed by atoms with Crippen molar-refractivity contribution in [2.45, 2.75) is 12.7 Å². The number of carbonyl (C=O) groups excluding carboxylic acids is 1. The number of nitrogens with zero attached hydrogens (tertiary/aromatic N) is 3. The first-order valence-electron chi connectivity index (χ1n) is 4.01. The van der Waals surface area contributed by atoms with Gasteiger partial charge >= 0.3 is 12.1 Å². The normalized spacial score (nSPS) is 15.6. The number of hydrogen-bond acceptors (Lipinski definition) is 2. The van der Waals surface area contributed by atoms with E-state index < -0.39 is 12.1 Å². The molecule has 1 aliphatic rings. The van der Waals surface area contributed by atoms with Gasteiger partial charge < -0.3 is 0 Å². The van der Waals surface area contributed by atoms with Gasteiger partial charge in [-0.05, 0) is 22.6 Å². The maximum Gasteiger partial charge on any atom is 0.471 e. The highest BCUT2D eigenvalue weighted by Gasteiger charge is 2.45. The van der Waals surface area contributed by atoms with Crippen molar-refractivity contribution in [2.75, 3.05) is 11.4 Å². The molecule has 0 saturated carbocycles. The predicted molar refractivity (Wildman–Crippen MR) is 53.4 cm³/mol. The van der Waals surface area contributed by atoms with Gasteiger partial charge in [0.2, 0.25) is 0 Å². The zero-order chi connectivity index (χ0) is 11.2. The number of hydrogen-bond donors (Lipinski definition) is 0. The maximum absolute atomic E-state index is 12.2. The lowest BCUT2D eigenvalue weighted by Gasteiger charge is -2.16. The third-order valence-corrected chi connectivity index (χ3v) is 2.81. The zero-order valence-corrected chi connectivity index (χ0v) is 9.41. The van der Waals surface area contributed by atoms with Crippen LogP contribution < -0.4 is 4.90 Å². The quantitative estimate of drug-likeness (QED) is 0.674. The average Bonchev–Trinajstić information content (AvgIpc) is 2.66. The molecule has 4 nitrogen and oxygen atoms in total. The summed E-state index contributed by atoms with van der Waals surface area (Å²) in [4.78, 5) is 11.8. The van der Waals surface area contributed by atoms with Gasteiger partial charge in [0.15, 0.2) is 0 Å². The van der Waals surface area contributed by atoms with Crippen LogP contribution in [-0.2, 0) is 11.3 Å². The molecule has 0 unspecified atom stereocenters. The molecule has 0 N–H and O–H groups in total. The van der Waals surface area contributed by atoms with E-state index in [0.717, 1.165) is 4.90 Å². The van der Waals surface area contributed by atoms with Gasteiger partial charge in [-0.3, -0.25) is 9.69 Å². The second-order valence-electron chi connectivity index (χ2n) is 2.99. The lowest BCUT2D eigenvalue weighted by molar-refractivity contribution is -0.170. The Morgan fingerprint density at radius 1 is 1.47 bits per heavy atom. The minimum absolute atomic E-state index is 0.0253. The van der Waals surface area contributed by atoms with E-state index in [0.29, 0.717) is 10.1 Å². The van der Waals surface area contributed by atoms with Crippen LogP contribution in [0.15, 0.2) is 6.20 Å². The number of amides is 1. The SMILES string of the molecule is O=C(N1CCn2ncc(I)c21)C(F)(F)F. The van der Waals surface area contributed by atoms with E-state index in [-0.39, 0.29) is 12.4 Å². The second-order valence-corrected chi connectivity index (χ2v) is 4.16. The highest BCUT2D eigenvalue weighted by atomic mass is 127. The van der Waals surface area contributed by atoms with Crippen molar-refractivity contribution >= 4 is 34.3 Å². The van der Waals surface area contributed by atoms with Crippen molar-refractivity contribution < 1.29 is 18.0 Å². The Morgan fingerprint density at radius 2 is 2.13 bits per heavy atom. The van der Waals surface area contributed by atoms with E-state index >= 15 is 0 Å². The molecule has 1 amide bonds. The number of carbonyl (C=O) groups is 1. The Balaban J connectivity index is 2.35. The summed E-state index contributed by atoms with van der Waals surface area (Å²) in [6.07, 6.45) is -3.39. The standard InChI is InChI=1S/C7H5F3IN3O/c8-7(9,10)6(15)13-1-2-14-5(13)4(11)3-12-14/h3H,1-2H2. The fourth-order valence-corrected chi connectivity index (χ4v) is 2.13. The lowest BCUT2D eigenvalue weighted by atomic mass is 10.4. The van der Waals surface area contributed by atoms with Crippen molar-refractivity contribution in [3.63, 3.8) is 0 Å². The summed E-state index contributed by atoms with van der Waals surface area (Å²) in [7, 11) is 0. The molecule has 1 aliphatic heterocycles. The number of halogens is 4. The summed E-state index contributed by atoms with van der Waals surface area (Å²) in [5.41, 5.74) is 0. The molecule has 0 radical (unpaired) electrons. The van der Waals surface area contributed by atoms with Gasteiger partial charge in [0.25, 0.3) is 0 Å². The van der Waals surface area contributed by atoms with Crippen molar-refractivity contribution in [2.24, 2.45) is 0 Å². The van der Waals surface area contributed by atoms with Gasteiger partial charge in [-0.25, -0.2) is 4.68 Å². The first-order valence-corrected chi connectivity index (χ1v) is 5.09. The molecule has 8 heteroatoms. The van der Waals surface area contributed by atoms with Gasteiger partial charge in [0.1, 0.15) is 5.82 Å². The van der Waals surface area contributed by atoms with Gasteiger partial charge in [-0.2, -0.15) is 18.3 Å². The largest absolute Gasteiger partial charge is 0.471 e. The predicted octanol–water partition coefficient (Wildman–Crippen LogP) is 1.40. The van der Waals surface area contributed by atoms with E-state index in [4.69, 9.17) is 0 Å². The number of fused-ring (bicyclic) bond motifs is 1. The third-order valence-electron chi connectivity index (χ3n) is 2.05. The fraction of sp³-hybridized carbons (Fsp3) is 0.429. The molecule has 0 spiro atoms. The number of alkyl halides is 3. The van der Waals surface area contributed by atoms with Crippen molar-refractivity contribution in [1.29, 1.82) is 0 Å². The fourth-order valence-electron chi connectivity index (χ4n) is 1.44. The Morgan fingerprint density at radius 3 is 2.73 bits per heavy atom. The van der Waals surface area contributed by atoms with Gasteiger partial charge in [-0.1, -0.05) is 0 Å². The van der Waals surface area contributed by atoms with Crippen LogP contribution in [0.25, 0.3) is 0 Å². The Bertz CT molecular complexity index is 414. The smallest absolute Gasteiger partial charge is 0.286 e. The number of rotatable bonds is 0. The molecule has 0 bridgehead atoms. The molecule has 1 aromatic rings. The molecule has 0 fully saturated rings. The molecule has 82 valence electrons. The van der Waals surface area contributed by atoms with Crippen LogP contribution >= 0.6 is 22.6 Å². The van der Waals surface area contributed by atoms with Crippen LogP contribution in [0.1, 0.15) is 0 Å². The summed E-state index contributed by atoms with van der Waals surface area (Å²) in [6, 6.07) is 0. The first kappa shape index (κ1) is 10.7. The van der Waals surface area contributed by atoms with Crippen LogP contribution in [0.5, 0.6) is 0 Å². The van der Waals surface area contributed by atoms with Crippen LogP contribution in [0.2, 0.25) is 0 Å². The number of anilines is 1. The molecule has 0 aliphatic carbocycles. The van der Waals surface area contributed by atoms with E-state index in [2.05, 4.69) is 5.10 Å². The minimum Gasteiger partial charge on any atom is -0.286 e. The summed E-state index contributed by atoms with van der Waals surface area (Å²) in [5, 5.41) is 3.86. The molecular formula is C7H5F3IN3O. The molecule has 0 atom stereocenters. The minimum atomic E-state index is -4.83. The van der Waals surface area contributed by atoms with Crippen LogP contribution in [0, 0.1) is 3.57 Å². The van der Waals surface area contributed by atoms with Gasteiger partial charge in [-0.15, -0.1) is 0 Å². The van der Waals surface area contributed by atoms with Crippen molar-refractivity contribution in [3.05, 3.63) is 9.77 Å². The summed E-state index contributed by atoms with van der Waals surface area (Å²) < 4.78 is 38.6. The van der Waals surface area contributed by atoms with Crippen molar-refractivity contribution in [3.8, 4) is 0 Å². The summed E-state index contributed by atoms with van der Waals surface area (Å²) in [6.45, 7) is 0.331. The summed E-state index contributed by atoms with van der Waals surface area (Å²) in [5.74, 6) is -1.60. The lowest BCUT2D eigenvalue weighted by Crippen LogP contribution is -2.40. The highest BCUT2D eigenvalue weighted by molar-refractivity contribution is 14.1. The van der Waals surface area contributed by atoms with E-state index in [1.807, 2.05) is 22.6 Å². The van der Waals surface area contributed by atoms with Crippen LogP contribution in [0.4, 0.5) is 19.0 Å². The molecule has 0 saturated heterocycles.